The highest BCUT2D eigenvalue weighted by Gasteiger charge is 2.04. The number of nitrogens with one attached hydrogen (secondary N) is 1. The summed E-state index contributed by atoms with van der Waals surface area (Å²) in [6, 6.07) is 7.31. The number of carbonyl (C=O) groups is 1. The summed E-state index contributed by atoms with van der Waals surface area (Å²) >= 11 is 0. The second-order valence-corrected chi connectivity index (χ2v) is 2.77. The van der Waals surface area contributed by atoms with Crippen LogP contribution >= 0.6 is 0 Å². The molecule has 0 radical (unpaired) electrons. The van der Waals surface area contributed by atoms with E-state index in [-0.39, 0.29) is 6.01 Å². The van der Waals surface area contributed by atoms with Gasteiger partial charge in [0.15, 0.2) is 12.2 Å². The zero-order valence-corrected chi connectivity index (χ0v) is 7.64. The van der Waals surface area contributed by atoms with Gasteiger partial charge in [-0.1, -0.05) is 12.1 Å². The van der Waals surface area contributed by atoms with Crippen molar-refractivity contribution >= 4 is 23.1 Å². The van der Waals surface area contributed by atoms with Crippen LogP contribution in [0.2, 0.25) is 0 Å². The Kier molecular flexibility index (Phi) is 2.51. The van der Waals surface area contributed by atoms with Crippen LogP contribution in [-0.4, -0.2) is 22.7 Å². The maximum Gasteiger partial charge on any atom is 0.332 e. The molecule has 78 valence electrons. The van der Waals surface area contributed by atoms with Gasteiger partial charge in [0.25, 0.3) is 0 Å². The first-order valence-corrected chi connectivity index (χ1v) is 4.21. The van der Waals surface area contributed by atoms with Crippen molar-refractivity contribution in [2.45, 2.75) is 0 Å². The molecule has 0 unspecified atom stereocenters. The van der Waals surface area contributed by atoms with Gasteiger partial charge in [0.1, 0.15) is 5.52 Å². The van der Waals surface area contributed by atoms with Crippen LogP contribution in [0.1, 0.15) is 0 Å². The molecule has 0 atom stereocenters. The van der Waals surface area contributed by atoms with Gasteiger partial charge in [0.2, 0.25) is 0 Å². The maximum absolute atomic E-state index is 10.1. The number of rotatable bonds is 4. The smallest absolute Gasteiger partial charge is 0.332 e. The summed E-state index contributed by atoms with van der Waals surface area (Å²) in [5, 5.41) is 8.32. The number of aromatic nitrogens is 1. The predicted molar refractivity (Wildman–Crippen MR) is 51.2 cm³/mol. The summed E-state index contributed by atoms with van der Waals surface area (Å²) in [4.78, 5) is 18.8. The van der Waals surface area contributed by atoms with Crippen LogP contribution in [0.5, 0.6) is 0 Å². The Balaban J connectivity index is 2.05. The third kappa shape index (κ3) is 2.23. The lowest BCUT2D eigenvalue weighted by atomic mass is 10.3. The quantitative estimate of drug-likeness (QED) is 0.735. The maximum atomic E-state index is 10.1. The number of benzene rings is 1. The van der Waals surface area contributed by atoms with E-state index in [0.717, 1.165) is 0 Å². The van der Waals surface area contributed by atoms with E-state index in [9.17, 15) is 4.79 Å². The largest absolute Gasteiger partial charge is 0.479 e. The van der Waals surface area contributed by atoms with Gasteiger partial charge >= 0.3 is 12.0 Å². The van der Waals surface area contributed by atoms with Crippen molar-refractivity contribution in [3.8, 4) is 0 Å². The molecule has 0 bridgehead atoms. The molecule has 1 aromatic heterocycles. The molecule has 0 aliphatic heterocycles. The zero-order chi connectivity index (χ0) is 10.7. The normalized spacial score (nSPS) is 10.4. The Labute approximate surface area is 84.4 Å². The van der Waals surface area contributed by atoms with Crippen molar-refractivity contribution < 1.29 is 19.2 Å². The molecule has 0 fully saturated rings. The minimum absolute atomic E-state index is 0.137. The molecular formula is C9H8N2O4. The molecule has 0 amide bonds. The molecule has 2 N–H and O–H groups in total. The van der Waals surface area contributed by atoms with Gasteiger partial charge in [0, 0.05) is 0 Å². The second-order valence-electron chi connectivity index (χ2n) is 2.77. The Morgan fingerprint density at radius 1 is 1.53 bits per heavy atom. The van der Waals surface area contributed by atoms with E-state index in [1.165, 1.54) is 0 Å². The van der Waals surface area contributed by atoms with Crippen molar-refractivity contribution in [1.29, 1.82) is 0 Å². The fourth-order valence-corrected chi connectivity index (χ4v) is 1.08. The van der Waals surface area contributed by atoms with Crippen molar-refractivity contribution in [3.05, 3.63) is 24.3 Å². The Hall–Kier alpha value is -2.08. The highest BCUT2D eigenvalue weighted by Crippen LogP contribution is 2.17. The number of hydrogen-bond acceptors (Lipinski definition) is 5. The van der Waals surface area contributed by atoms with E-state index in [1.807, 2.05) is 12.1 Å². The van der Waals surface area contributed by atoms with Crippen LogP contribution in [0.25, 0.3) is 11.1 Å². The number of carboxylic acid groups (broad SMARTS) is 1. The molecule has 0 saturated heterocycles. The van der Waals surface area contributed by atoms with E-state index >= 15 is 0 Å². The number of hydrogen-bond donors (Lipinski definition) is 2. The first-order chi connectivity index (χ1) is 7.25. The van der Waals surface area contributed by atoms with E-state index in [2.05, 4.69) is 15.3 Å². The van der Waals surface area contributed by atoms with Gasteiger partial charge in [-0.25, -0.2) is 10.3 Å². The number of fused-ring (bicyclic) bond motifs is 1. The molecule has 0 spiro atoms. The zero-order valence-electron chi connectivity index (χ0n) is 7.64. The monoisotopic (exact) mass is 208 g/mol. The van der Waals surface area contributed by atoms with Crippen LogP contribution < -0.4 is 5.48 Å². The van der Waals surface area contributed by atoms with Crippen LogP contribution in [0, 0.1) is 0 Å². The summed E-state index contributed by atoms with van der Waals surface area (Å²) < 4.78 is 5.21. The minimum atomic E-state index is -1.07. The third-order valence-corrected chi connectivity index (χ3v) is 1.65. The standard InChI is InChI=1S/C9H8N2O4/c12-8(13)5-14-11-9-10-6-3-1-2-4-7(6)15-9/h1-4H,5H2,(H,10,11)(H,12,13). The van der Waals surface area contributed by atoms with Crippen molar-refractivity contribution in [3.63, 3.8) is 0 Å². The summed E-state index contributed by atoms with van der Waals surface area (Å²) in [5.74, 6) is -1.07. The Bertz CT molecular complexity index is 447. The fourth-order valence-electron chi connectivity index (χ4n) is 1.08. The highest BCUT2D eigenvalue weighted by molar-refractivity contribution is 5.74. The van der Waals surface area contributed by atoms with Crippen molar-refractivity contribution in [2.75, 3.05) is 12.1 Å². The molecule has 2 aromatic rings. The number of nitrogens with zero attached hydrogens (tertiary/aromatic N) is 1. The molecule has 6 nitrogen and oxygen atoms in total. The van der Waals surface area contributed by atoms with Crippen molar-refractivity contribution in [2.24, 2.45) is 0 Å². The first kappa shape index (κ1) is 9.47. The molecule has 0 saturated carbocycles. The van der Waals surface area contributed by atoms with Crippen LogP contribution in [0.15, 0.2) is 28.7 Å². The average Bonchev–Trinajstić information content (AvgIpc) is 2.59. The molecule has 0 aliphatic rings. The first-order valence-electron chi connectivity index (χ1n) is 4.21. The van der Waals surface area contributed by atoms with E-state index < -0.39 is 12.6 Å². The molecule has 1 heterocycles. The number of oxazole rings is 1. The van der Waals surface area contributed by atoms with Crippen LogP contribution in [-0.2, 0) is 9.63 Å². The van der Waals surface area contributed by atoms with Crippen LogP contribution in [0.3, 0.4) is 0 Å². The van der Waals surface area contributed by atoms with Gasteiger partial charge < -0.3 is 9.52 Å². The molecule has 1 aromatic carbocycles. The molecule has 15 heavy (non-hydrogen) atoms. The van der Waals surface area contributed by atoms with E-state index in [1.54, 1.807) is 12.1 Å². The highest BCUT2D eigenvalue weighted by atomic mass is 16.7. The summed E-state index contributed by atoms with van der Waals surface area (Å²) in [6.45, 7) is -0.460. The SMILES string of the molecule is O=C(O)CONc1nc2ccccc2o1. The van der Waals surface area contributed by atoms with Gasteiger partial charge in [0.05, 0.1) is 0 Å². The number of anilines is 1. The fraction of sp³-hybridized carbons (Fsp3) is 0.111. The van der Waals surface area contributed by atoms with E-state index in [4.69, 9.17) is 9.52 Å². The number of carboxylic acids is 1. The lowest BCUT2D eigenvalue weighted by Gasteiger charge is -1.97. The molecule has 0 aliphatic carbocycles. The molecule has 6 heteroatoms. The summed E-state index contributed by atoms with van der Waals surface area (Å²) in [7, 11) is 0. The summed E-state index contributed by atoms with van der Waals surface area (Å²) in [5.41, 5.74) is 3.60. The predicted octanol–water partition coefficient (Wildman–Crippen LogP) is 1.26. The Morgan fingerprint density at radius 3 is 3.07 bits per heavy atom. The van der Waals surface area contributed by atoms with E-state index in [0.29, 0.717) is 11.1 Å². The second kappa shape index (κ2) is 3.97. The molecule has 2 rings (SSSR count). The van der Waals surface area contributed by atoms with Gasteiger partial charge in [-0.3, -0.25) is 4.84 Å². The van der Waals surface area contributed by atoms with Crippen molar-refractivity contribution in [1.82, 2.24) is 4.98 Å². The lowest BCUT2D eigenvalue weighted by Crippen LogP contribution is -2.11. The molecular weight excluding hydrogens is 200 g/mol. The van der Waals surface area contributed by atoms with Gasteiger partial charge in [-0.15, -0.1) is 0 Å². The van der Waals surface area contributed by atoms with Gasteiger partial charge in [-0.2, -0.15) is 4.98 Å². The average molecular weight is 208 g/mol. The number of para-hydroxylation sites is 2. The number of aliphatic carboxylic acids is 1. The van der Waals surface area contributed by atoms with Gasteiger partial charge in [-0.05, 0) is 12.1 Å². The topological polar surface area (TPSA) is 84.6 Å². The Morgan fingerprint density at radius 2 is 2.33 bits per heavy atom. The third-order valence-electron chi connectivity index (χ3n) is 1.65. The summed E-state index contributed by atoms with van der Waals surface area (Å²) in [6.07, 6.45) is 0. The lowest BCUT2D eigenvalue weighted by molar-refractivity contribution is -0.141. The minimum Gasteiger partial charge on any atom is -0.479 e. The van der Waals surface area contributed by atoms with Crippen LogP contribution in [0.4, 0.5) is 6.01 Å².